The molecule has 37 heavy (non-hydrogen) atoms. The Morgan fingerprint density at radius 1 is 1.27 bits per heavy atom. The molecule has 194 valence electrons. The van der Waals surface area contributed by atoms with Crippen LogP contribution in [0.2, 0.25) is 5.02 Å². The highest BCUT2D eigenvalue weighted by Crippen LogP contribution is 2.49. The molecule has 10 heteroatoms. The van der Waals surface area contributed by atoms with Crippen LogP contribution in [-0.2, 0) is 44.9 Å². The fourth-order valence-electron chi connectivity index (χ4n) is 6.20. The lowest BCUT2D eigenvalue weighted by Crippen LogP contribution is -2.44. The van der Waals surface area contributed by atoms with Gasteiger partial charge in [0.25, 0.3) is 5.56 Å². The largest absolute Gasteiger partial charge is 0.458 e. The maximum absolute atomic E-state index is 14.9. The minimum atomic E-state index is -1.93. The Labute approximate surface area is 216 Å². The van der Waals surface area contributed by atoms with Gasteiger partial charge in [0.1, 0.15) is 12.4 Å². The first-order chi connectivity index (χ1) is 17.6. The van der Waals surface area contributed by atoms with E-state index >= 15 is 0 Å². The van der Waals surface area contributed by atoms with Gasteiger partial charge >= 0.3 is 5.97 Å². The smallest absolute Gasteiger partial charge is 0.343 e. The van der Waals surface area contributed by atoms with E-state index in [0.29, 0.717) is 41.9 Å². The zero-order chi connectivity index (χ0) is 26.3. The van der Waals surface area contributed by atoms with E-state index in [2.05, 4.69) is 6.92 Å². The molecule has 0 saturated carbocycles. The molecule has 8 nitrogen and oxygen atoms in total. The van der Waals surface area contributed by atoms with E-state index in [0.717, 1.165) is 16.5 Å². The molecule has 2 aliphatic heterocycles. The SMILES string of the molecule is CC[C@@]1(O)C(=O)OCc2c1cc1n(c2=O)Cc2c-1nc1cc(F)c(Cl)c3c1c2[C@](C)(COCCO)CC3. The van der Waals surface area contributed by atoms with E-state index in [-0.39, 0.29) is 54.5 Å². The number of fused-ring (bicyclic) bond motifs is 5. The molecule has 0 bridgehead atoms. The minimum Gasteiger partial charge on any atom is -0.458 e. The Morgan fingerprint density at radius 2 is 2.05 bits per heavy atom. The van der Waals surface area contributed by atoms with Crippen molar-refractivity contribution in [1.29, 1.82) is 0 Å². The Hall–Kier alpha value is -2.85. The lowest BCUT2D eigenvalue weighted by molar-refractivity contribution is -0.172. The topological polar surface area (TPSA) is 111 Å². The van der Waals surface area contributed by atoms with E-state index in [1.54, 1.807) is 17.6 Å². The molecule has 0 spiro atoms. The Kier molecular flexibility index (Phi) is 5.51. The maximum atomic E-state index is 14.9. The van der Waals surface area contributed by atoms with Gasteiger partial charge in [-0.15, -0.1) is 0 Å². The highest BCUT2D eigenvalue weighted by atomic mass is 35.5. The highest BCUT2D eigenvalue weighted by molar-refractivity contribution is 6.32. The van der Waals surface area contributed by atoms with Crippen LogP contribution >= 0.6 is 11.6 Å². The number of carbonyl (C=O) groups is 1. The third-order valence-electron chi connectivity index (χ3n) is 8.15. The molecule has 1 aliphatic carbocycles. The van der Waals surface area contributed by atoms with Crippen LogP contribution in [-0.4, -0.2) is 45.6 Å². The van der Waals surface area contributed by atoms with Gasteiger partial charge in [-0.25, -0.2) is 14.2 Å². The highest BCUT2D eigenvalue weighted by Gasteiger charge is 2.46. The van der Waals surface area contributed by atoms with E-state index in [4.69, 9.17) is 26.1 Å². The summed E-state index contributed by atoms with van der Waals surface area (Å²) in [4.78, 5) is 30.9. The van der Waals surface area contributed by atoms with Crippen LogP contribution in [0.5, 0.6) is 0 Å². The average molecular weight is 529 g/mol. The third-order valence-corrected chi connectivity index (χ3v) is 8.56. The molecule has 0 fully saturated rings. The van der Waals surface area contributed by atoms with Crippen molar-refractivity contribution in [1.82, 2.24) is 9.55 Å². The number of esters is 1. The maximum Gasteiger partial charge on any atom is 0.343 e. The lowest BCUT2D eigenvalue weighted by atomic mass is 9.70. The molecule has 0 radical (unpaired) electrons. The van der Waals surface area contributed by atoms with Crippen LogP contribution in [0.25, 0.3) is 22.3 Å². The molecular weight excluding hydrogens is 503 g/mol. The van der Waals surface area contributed by atoms with Gasteiger partial charge in [-0.3, -0.25) is 4.79 Å². The normalized spacial score (nSPS) is 23.6. The summed E-state index contributed by atoms with van der Waals surface area (Å²) in [7, 11) is 0. The number of nitrogens with zero attached hydrogens (tertiary/aromatic N) is 2. The predicted octanol–water partition coefficient (Wildman–Crippen LogP) is 3.08. The summed E-state index contributed by atoms with van der Waals surface area (Å²) >= 11 is 6.41. The molecule has 2 N–H and O–H groups in total. The summed E-state index contributed by atoms with van der Waals surface area (Å²) in [6.45, 7) is 4.09. The minimum absolute atomic E-state index is 0.0400. The summed E-state index contributed by atoms with van der Waals surface area (Å²) < 4.78 is 27.4. The molecule has 3 aliphatic rings. The quantitative estimate of drug-likeness (QED) is 0.302. The van der Waals surface area contributed by atoms with Gasteiger partial charge in [0.2, 0.25) is 0 Å². The first kappa shape index (κ1) is 24.5. The van der Waals surface area contributed by atoms with Gasteiger partial charge in [-0.05, 0) is 36.5 Å². The van der Waals surface area contributed by atoms with Crippen LogP contribution < -0.4 is 5.56 Å². The van der Waals surface area contributed by atoms with Gasteiger partial charge in [-0.1, -0.05) is 25.4 Å². The molecule has 3 aromatic rings. The number of aryl methyl sites for hydroxylation is 1. The van der Waals surface area contributed by atoms with Crippen molar-refractivity contribution in [3.05, 3.63) is 61.1 Å². The van der Waals surface area contributed by atoms with Crippen LogP contribution in [0.3, 0.4) is 0 Å². The van der Waals surface area contributed by atoms with Crippen molar-refractivity contribution in [2.24, 2.45) is 0 Å². The van der Waals surface area contributed by atoms with Crippen molar-refractivity contribution in [2.75, 3.05) is 19.8 Å². The molecule has 2 atom stereocenters. The fraction of sp³-hybridized carbons (Fsp3) is 0.444. The molecule has 0 amide bonds. The van der Waals surface area contributed by atoms with E-state index in [9.17, 15) is 24.2 Å². The van der Waals surface area contributed by atoms with Crippen LogP contribution in [0.4, 0.5) is 4.39 Å². The number of hydrogen-bond donors (Lipinski definition) is 2. The van der Waals surface area contributed by atoms with Crippen LogP contribution in [0.1, 0.15) is 54.5 Å². The van der Waals surface area contributed by atoms with Crippen molar-refractivity contribution in [3.63, 3.8) is 0 Å². The second kappa shape index (κ2) is 8.33. The fourth-order valence-corrected chi connectivity index (χ4v) is 6.44. The summed E-state index contributed by atoms with van der Waals surface area (Å²) in [6.07, 6.45) is 1.20. The summed E-state index contributed by atoms with van der Waals surface area (Å²) in [6, 6.07) is 2.96. The molecule has 0 unspecified atom stereocenters. The average Bonchev–Trinajstić information content (AvgIpc) is 3.24. The van der Waals surface area contributed by atoms with E-state index in [1.807, 2.05) is 0 Å². The molecule has 1 aromatic carbocycles. The number of aromatic nitrogens is 2. The molecule has 6 rings (SSSR count). The number of cyclic esters (lactones) is 1. The molecule has 0 saturated heterocycles. The summed E-state index contributed by atoms with van der Waals surface area (Å²) in [5, 5.41) is 21.2. The summed E-state index contributed by atoms with van der Waals surface area (Å²) in [5.74, 6) is -1.35. The van der Waals surface area contributed by atoms with Crippen LogP contribution in [0, 0.1) is 5.82 Å². The van der Waals surface area contributed by atoms with Crippen molar-refractivity contribution >= 4 is 28.5 Å². The number of halogens is 2. The van der Waals surface area contributed by atoms with Crippen molar-refractivity contribution in [3.8, 4) is 11.4 Å². The third kappa shape index (κ3) is 3.27. The second-order valence-corrected chi connectivity index (χ2v) is 10.7. The van der Waals surface area contributed by atoms with E-state index in [1.165, 1.54) is 6.07 Å². The van der Waals surface area contributed by atoms with Crippen LogP contribution in [0.15, 0.2) is 16.9 Å². The first-order valence-electron chi connectivity index (χ1n) is 12.3. The van der Waals surface area contributed by atoms with Crippen molar-refractivity contribution in [2.45, 2.75) is 57.3 Å². The van der Waals surface area contributed by atoms with E-state index < -0.39 is 22.8 Å². The number of pyridine rings is 2. The Morgan fingerprint density at radius 3 is 2.78 bits per heavy atom. The van der Waals surface area contributed by atoms with Gasteiger partial charge < -0.3 is 24.3 Å². The zero-order valence-corrected chi connectivity index (χ0v) is 21.2. The number of carbonyl (C=O) groups excluding carboxylic acids is 1. The molecule has 2 aromatic heterocycles. The Balaban J connectivity index is 1.66. The van der Waals surface area contributed by atoms with Gasteiger partial charge in [-0.2, -0.15) is 0 Å². The molecular formula is C27H26ClFN2O6. The molecule has 4 heterocycles. The zero-order valence-electron chi connectivity index (χ0n) is 20.5. The summed E-state index contributed by atoms with van der Waals surface area (Å²) in [5.41, 5.74) is 1.42. The van der Waals surface area contributed by atoms with Crippen molar-refractivity contribution < 1.29 is 28.9 Å². The number of benzene rings is 1. The van der Waals surface area contributed by atoms with Gasteiger partial charge in [0.05, 0.1) is 53.9 Å². The lowest BCUT2D eigenvalue weighted by Gasteiger charge is -2.37. The number of rotatable bonds is 5. The van der Waals surface area contributed by atoms with Gasteiger partial charge in [0, 0.05) is 28.0 Å². The number of aliphatic hydroxyl groups excluding tert-OH is 1. The predicted molar refractivity (Wildman–Crippen MR) is 133 cm³/mol. The number of hydrogen-bond acceptors (Lipinski definition) is 7. The first-order valence-corrected chi connectivity index (χ1v) is 12.7. The standard InChI is InChI=1S/C27H26ClFN2O6/c1-3-27(35)16-8-19-23-14(10-31(19)24(33)15(16)11-37-25(27)34)21-20-13(22(28)17(29)9-18(20)30-23)4-5-26(21,2)12-36-7-6-32/h8-9,32,35H,3-7,10-12H2,1-2H3/t26-,27-/m0/s1. The number of aliphatic hydroxyl groups is 2. The number of ether oxygens (including phenoxy) is 2. The van der Waals surface area contributed by atoms with Gasteiger partial charge in [0.15, 0.2) is 5.60 Å². The Bertz CT molecular complexity index is 1570. The second-order valence-electron chi connectivity index (χ2n) is 10.3. The monoisotopic (exact) mass is 528 g/mol.